The summed E-state index contributed by atoms with van der Waals surface area (Å²) in [5.74, 6) is 0.313. The third-order valence-corrected chi connectivity index (χ3v) is 2.08. The van der Waals surface area contributed by atoms with Crippen molar-refractivity contribution in [2.24, 2.45) is 11.8 Å². The van der Waals surface area contributed by atoms with Gasteiger partial charge in [0, 0.05) is 13.6 Å². The maximum absolute atomic E-state index is 11.6. The second kappa shape index (κ2) is 5.97. The minimum Gasteiger partial charge on any atom is -0.396 e. The molecular weight excluding hydrogens is 166 g/mol. The molecule has 0 aliphatic rings. The van der Waals surface area contributed by atoms with E-state index in [0.29, 0.717) is 12.3 Å². The van der Waals surface area contributed by atoms with Crippen LogP contribution in [-0.2, 0) is 4.79 Å². The van der Waals surface area contributed by atoms with Gasteiger partial charge in [-0.1, -0.05) is 20.8 Å². The maximum Gasteiger partial charge on any atom is 0.227 e. The lowest BCUT2D eigenvalue weighted by Gasteiger charge is -2.23. The first kappa shape index (κ1) is 12.4. The van der Waals surface area contributed by atoms with Crippen LogP contribution in [0.4, 0.5) is 0 Å². The van der Waals surface area contributed by atoms with Crippen LogP contribution in [0.25, 0.3) is 0 Å². The number of rotatable bonds is 5. The van der Waals surface area contributed by atoms with Crippen molar-refractivity contribution in [1.82, 2.24) is 4.90 Å². The summed E-state index contributed by atoms with van der Waals surface area (Å²) >= 11 is 0. The van der Waals surface area contributed by atoms with Crippen molar-refractivity contribution < 1.29 is 9.90 Å². The van der Waals surface area contributed by atoms with Crippen molar-refractivity contribution >= 4 is 5.91 Å². The van der Waals surface area contributed by atoms with E-state index in [4.69, 9.17) is 5.11 Å². The first-order valence-corrected chi connectivity index (χ1v) is 4.88. The van der Waals surface area contributed by atoms with Crippen molar-refractivity contribution in [3.05, 3.63) is 0 Å². The minimum absolute atomic E-state index is 0.0439. The molecule has 0 radical (unpaired) electrons. The molecule has 0 bridgehead atoms. The van der Waals surface area contributed by atoms with Crippen LogP contribution in [0.15, 0.2) is 0 Å². The second-order valence-electron chi connectivity index (χ2n) is 3.90. The summed E-state index contributed by atoms with van der Waals surface area (Å²) in [5.41, 5.74) is 0. The largest absolute Gasteiger partial charge is 0.396 e. The molecule has 1 N–H and O–H groups in total. The number of hydrogen-bond donors (Lipinski definition) is 1. The Hall–Kier alpha value is -0.570. The summed E-state index contributed by atoms with van der Waals surface area (Å²) in [4.78, 5) is 13.3. The fourth-order valence-corrected chi connectivity index (χ4v) is 1.33. The highest BCUT2D eigenvalue weighted by Crippen LogP contribution is 2.07. The smallest absolute Gasteiger partial charge is 0.227 e. The topological polar surface area (TPSA) is 40.5 Å². The van der Waals surface area contributed by atoms with E-state index < -0.39 is 0 Å². The van der Waals surface area contributed by atoms with Crippen molar-refractivity contribution in [3.8, 4) is 0 Å². The SMILES string of the molecule is CCC(CO)C(=O)N(C)CC(C)C. The van der Waals surface area contributed by atoms with Gasteiger partial charge >= 0.3 is 0 Å². The van der Waals surface area contributed by atoms with E-state index in [1.807, 2.05) is 6.92 Å². The maximum atomic E-state index is 11.6. The quantitative estimate of drug-likeness (QED) is 0.700. The van der Waals surface area contributed by atoms with Crippen LogP contribution >= 0.6 is 0 Å². The Morgan fingerprint density at radius 3 is 2.31 bits per heavy atom. The Bertz CT molecular complexity index is 153. The summed E-state index contributed by atoms with van der Waals surface area (Å²) in [5, 5.41) is 8.93. The number of carbonyl (C=O) groups is 1. The molecular formula is C10H21NO2. The van der Waals surface area contributed by atoms with E-state index in [-0.39, 0.29) is 18.4 Å². The van der Waals surface area contributed by atoms with Crippen molar-refractivity contribution in [3.63, 3.8) is 0 Å². The van der Waals surface area contributed by atoms with Gasteiger partial charge in [0.1, 0.15) is 0 Å². The van der Waals surface area contributed by atoms with Crippen LogP contribution in [0.1, 0.15) is 27.2 Å². The minimum atomic E-state index is -0.219. The van der Waals surface area contributed by atoms with Crippen molar-refractivity contribution in [2.75, 3.05) is 20.2 Å². The molecule has 0 rings (SSSR count). The van der Waals surface area contributed by atoms with Gasteiger partial charge in [-0.2, -0.15) is 0 Å². The summed E-state index contributed by atoms with van der Waals surface area (Å²) in [7, 11) is 1.79. The summed E-state index contributed by atoms with van der Waals surface area (Å²) in [6, 6.07) is 0. The molecule has 0 heterocycles. The van der Waals surface area contributed by atoms with E-state index >= 15 is 0 Å². The Balaban J connectivity index is 4.07. The highest BCUT2D eigenvalue weighted by Gasteiger charge is 2.19. The van der Waals surface area contributed by atoms with Gasteiger partial charge in [0.05, 0.1) is 12.5 Å². The van der Waals surface area contributed by atoms with E-state index in [9.17, 15) is 4.79 Å². The predicted molar refractivity (Wildman–Crippen MR) is 53.3 cm³/mol. The van der Waals surface area contributed by atoms with E-state index in [1.165, 1.54) is 0 Å². The zero-order valence-corrected chi connectivity index (χ0v) is 9.08. The van der Waals surface area contributed by atoms with Gasteiger partial charge in [-0.05, 0) is 12.3 Å². The zero-order valence-electron chi connectivity index (χ0n) is 9.08. The Kier molecular flexibility index (Phi) is 5.71. The molecule has 0 aliphatic heterocycles. The van der Waals surface area contributed by atoms with Crippen molar-refractivity contribution in [2.45, 2.75) is 27.2 Å². The number of hydrogen-bond acceptors (Lipinski definition) is 2. The molecule has 0 spiro atoms. The molecule has 0 fully saturated rings. The third kappa shape index (κ3) is 4.27. The van der Waals surface area contributed by atoms with Crippen LogP contribution in [0.3, 0.4) is 0 Å². The number of carbonyl (C=O) groups excluding carboxylic acids is 1. The first-order chi connectivity index (χ1) is 6.02. The van der Waals surface area contributed by atoms with Gasteiger partial charge in [-0.25, -0.2) is 0 Å². The van der Waals surface area contributed by atoms with Gasteiger partial charge < -0.3 is 10.0 Å². The molecule has 1 amide bonds. The fourth-order valence-electron chi connectivity index (χ4n) is 1.33. The van der Waals surface area contributed by atoms with Gasteiger partial charge in [0.15, 0.2) is 0 Å². The molecule has 0 aliphatic carbocycles. The molecule has 0 saturated carbocycles. The molecule has 0 saturated heterocycles. The van der Waals surface area contributed by atoms with E-state index in [2.05, 4.69) is 13.8 Å². The monoisotopic (exact) mass is 187 g/mol. The van der Waals surface area contributed by atoms with Crippen molar-refractivity contribution in [1.29, 1.82) is 0 Å². The Morgan fingerprint density at radius 2 is 2.00 bits per heavy atom. The standard InChI is InChI=1S/C10H21NO2/c1-5-9(7-12)10(13)11(4)6-8(2)3/h8-9,12H,5-7H2,1-4H3. The molecule has 3 heteroatoms. The highest BCUT2D eigenvalue weighted by atomic mass is 16.3. The van der Waals surface area contributed by atoms with Crippen LogP contribution in [0.5, 0.6) is 0 Å². The van der Waals surface area contributed by atoms with E-state index in [0.717, 1.165) is 6.54 Å². The molecule has 3 nitrogen and oxygen atoms in total. The molecule has 0 aromatic heterocycles. The Morgan fingerprint density at radius 1 is 1.46 bits per heavy atom. The van der Waals surface area contributed by atoms with Gasteiger partial charge in [0.2, 0.25) is 5.91 Å². The molecule has 0 aromatic rings. The number of aliphatic hydroxyl groups excluding tert-OH is 1. The second-order valence-corrected chi connectivity index (χ2v) is 3.90. The zero-order chi connectivity index (χ0) is 10.4. The highest BCUT2D eigenvalue weighted by molar-refractivity contribution is 5.78. The summed E-state index contributed by atoms with van der Waals surface area (Å²) in [6.45, 7) is 6.78. The predicted octanol–water partition coefficient (Wildman–Crippen LogP) is 1.12. The number of nitrogens with zero attached hydrogens (tertiary/aromatic N) is 1. The molecule has 0 aromatic carbocycles. The van der Waals surface area contributed by atoms with Crippen LogP contribution in [0, 0.1) is 11.8 Å². The normalized spacial score (nSPS) is 13.1. The fraction of sp³-hybridized carbons (Fsp3) is 0.900. The average molecular weight is 187 g/mol. The van der Waals surface area contributed by atoms with Gasteiger partial charge in [-0.15, -0.1) is 0 Å². The van der Waals surface area contributed by atoms with E-state index in [1.54, 1.807) is 11.9 Å². The third-order valence-electron chi connectivity index (χ3n) is 2.08. The molecule has 78 valence electrons. The van der Waals surface area contributed by atoms with Crippen LogP contribution in [0.2, 0.25) is 0 Å². The van der Waals surface area contributed by atoms with Crippen LogP contribution in [-0.4, -0.2) is 36.1 Å². The molecule has 1 unspecified atom stereocenters. The summed E-state index contributed by atoms with van der Waals surface area (Å²) in [6.07, 6.45) is 0.706. The summed E-state index contributed by atoms with van der Waals surface area (Å²) < 4.78 is 0. The lowest BCUT2D eigenvalue weighted by molar-refractivity contribution is -0.136. The molecule has 1 atom stereocenters. The number of amides is 1. The van der Waals surface area contributed by atoms with Gasteiger partial charge in [0.25, 0.3) is 0 Å². The van der Waals surface area contributed by atoms with Gasteiger partial charge in [-0.3, -0.25) is 4.79 Å². The average Bonchev–Trinajstić information content (AvgIpc) is 2.05. The first-order valence-electron chi connectivity index (χ1n) is 4.88. The lowest BCUT2D eigenvalue weighted by atomic mass is 10.1. The number of aliphatic hydroxyl groups is 1. The lowest BCUT2D eigenvalue weighted by Crippen LogP contribution is -2.36. The molecule has 13 heavy (non-hydrogen) atoms. The van der Waals surface area contributed by atoms with Crippen LogP contribution < -0.4 is 0 Å². The Labute approximate surface area is 80.7 Å².